The van der Waals surface area contributed by atoms with Crippen molar-refractivity contribution in [2.24, 2.45) is 0 Å². The largest absolute Gasteiger partial charge is 0.489 e. The lowest BCUT2D eigenvalue weighted by Crippen LogP contribution is -1.96. The van der Waals surface area contributed by atoms with Crippen LogP contribution in [0.3, 0.4) is 0 Å². The summed E-state index contributed by atoms with van der Waals surface area (Å²) in [6.07, 6.45) is 1.83. The van der Waals surface area contributed by atoms with Crippen molar-refractivity contribution in [2.75, 3.05) is 7.11 Å². The van der Waals surface area contributed by atoms with Crippen LogP contribution in [0.25, 0.3) is 33.3 Å². The Morgan fingerprint density at radius 3 is 2.63 bits per heavy atom. The van der Waals surface area contributed by atoms with Gasteiger partial charge in [0.1, 0.15) is 18.1 Å². The van der Waals surface area contributed by atoms with Gasteiger partial charge in [0.15, 0.2) is 5.76 Å². The van der Waals surface area contributed by atoms with E-state index in [1.54, 1.807) is 7.11 Å². The molecule has 150 valence electrons. The molecule has 3 heterocycles. The van der Waals surface area contributed by atoms with Gasteiger partial charge in [0, 0.05) is 35.0 Å². The van der Waals surface area contributed by atoms with Crippen molar-refractivity contribution in [1.82, 2.24) is 15.1 Å². The summed E-state index contributed by atoms with van der Waals surface area (Å²) in [4.78, 5) is 8.07. The average molecular weight is 399 g/mol. The minimum atomic E-state index is 0.404. The van der Waals surface area contributed by atoms with Crippen LogP contribution in [0.5, 0.6) is 5.75 Å². The van der Waals surface area contributed by atoms with E-state index in [0.717, 1.165) is 50.1 Å². The third-order valence-electron chi connectivity index (χ3n) is 5.11. The molecule has 6 nitrogen and oxygen atoms in total. The number of hydrogen-bond donors (Lipinski definition) is 1. The summed E-state index contributed by atoms with van der Waals surface area (Å²) in [6, 6.07) is 18.1. The first-order chi connectivity index (χ1) is 14.7. The number of benzene rings is 2. The molecule has 0 aliphatic heterocycles. The maximum absolute atomic E-state index is 6.05. The number of nitrogens with one attached hydrogen (secondary N) is 1. The molecular weight excluding hydrogens is 378 g/mol. The predicted octanol–water partition coefficient (Wildman–Crippen LogP) is 5.40. The van der Waals surface area contributed by atoms with Gasteiger partial charge in [-0.25, -0.2) is 0 Å². The van der Waals surface area contributed by atoms with E-state index in [4.69, 9.17) is 14.0 Å². The number of aromatic amines is 1. The topological polar surface area (TPSA) is 73.2 Å². The second-order valence-corrected chi connectivity index (χ2v) is 7.25. The molecule has 0 amide bonds. The van der Waals surface area contributed by atoms with Crippen molar-refractivity contribution in [3.8, 4) is 17.2 Å². The molecular formula is C24H21N3O3. The number of hydrogen-bond acceptors (Lipinski definition) is 5. The van der Waals surface area contributed by atoms with Gasteiger partial charge in [-0.1, -0.05) is 35.5 Å². The van der Waals surface area contributed by atoms with Crippen molar-refractivity contribution >= 4 is 21.8 Å². The van der Waals surface area contributed by atoms with Gasteiger partial charge in [0.25, 0.3) is 0 Å². The van der Waals surface area contributed by atoms with Crippen LogP contribution in [-0.2, 0) is 18.0 Å². The summed E-state index contributed by atoms with van der Waals surface area (Å²) in [5.74, 6) is 1.44. The summed E-state index contributed by atoms with van der Waals surface area (Å²) in [7, 11) is 1.68. The van der Waals surface area contributed by atoms with Gasteiger partial charge in [-0.2, -0.15) is 0 Å². The summed E-state index contributed by atoms with van der Waals surface area (Å²) in [5, 5.41) is 6.12. The van der Waals surface area contributed by atoms with Crippen LogP contribution < -0.4 is 4.74 Å². The van der Waals surface area contributed by atoms with E-state index < -0.39 is 0 Å². The lowest BCUT2D eigenvalue weighted by Gasteiger charge is -2.09. The molecule has 2 aromatic carbocycles. The number of fused-ring (bicyclic) bond motifs is 3. The monoisotopic (exact) mass is 399 g/mol. The van der Waals surface area contributed by atoms with Crippen molar-refractivity contribution in [3.63, 3.8) is 0 Å². The van der Waals surface area contributed by atoms with E-state index in [0.29, 0.717) is 19.0 Å². The smallest absolute Gasteiger partial charge is 0.185 e. The Labute approximate surface area is 173 Å². The number of nitrogens with zero attached hydrogens (tertiary/aromatic N) is 2. The van der Waals surface area contributed by atoms with Crippen LogP contribution in [0.15, 0.2) is 65.3 Å². The van der Waals surface area contributed by atoms with E-state index in [-0.39, 0.29) is 0 Å². The molecule has 0 aliphatic rings. The fraction of sp³-hybridized carbons (Fsp3) is 0.167. The molecule has 0 unspecified atom stereocenters. The maximum atomic E-state index is 6.05. The van der Waals surface area contributed by atoms with Crippen molar-refractivity contribution in [2.45, 2.75) is 20.1 Å². The molecule has 30 heavy (non-hydrogen) atoms. The van der Waals surface area contributed by atoms with Crippen molar-refractivity contribution < 1.29 is 14.0 Å². The average Bonchev–Trinajstić information content (AvgIpc) is 3.36. The zero-order valence-electron chi connectivity index (χ0n) is 16.8. The van der Waals surface area contributed by atoms with E-state index in [1.165, 1.54) is 0 Å². The predicted molar refractivity (Wildman–Crippen MR) is 115 cm³/mol. The van der Waals surface area contributed by atoms with E-state index in [9.17, 15) is 0 Å². The molecule has 1 N–H and O–H groups in total. The Morgan fingerprint density at radius 1 is 1.00 bits per heavy atom. The second kappa shape index (κ2) is 7.65. The van der Waals surface area contributed by atoms with E-state index in [1.807, 2.05) is 49.5 Å². The quantitative estimate of drug-likeness (QED) is 0.414. The fourth-order valence-corrected chi connectivity index (χ4v) is 3.74. The highest BCUT2D eigenvalue weighted by Crippen LogP contribution is 2.35. The second-order valence-electron chi connectivity index (χ2n) is 7.25. The summed E-state index contributed by atoms with van der Waals surface area (Å²) < 4.78 is 17.0. The number of rotatable bonds is 6. The third kappa shape index (κ3) is 3.31. The van der Waals surface area contributed by atoms with Gasteiger partial charge >= 0.3 is 0 Å². The molecule has 5 rings (SSSR count). The summed E-state index contributed by atoms with van der Waals surface area (Å²) in [5.41, 5.74) is 5.59. The van der Waals surface area contributed by atoms with Crippen LogP contribution in [0.4, 0.5) is 0 Å². The van der Waals surface area contributed by atoms with Crippen molar-refractivity contribution in [1.29, 1.82) is 0 Å². The molecule has 5 aromatic rings. The van der Waals surface area contributed by atoms with Crippen LogP contribution in [-0.4, -0.2) is 22.2 Å². The summed E-state index contributed by atoms with van der Waals surface area (Å²) in [6.45, 7) is 2.81. The Balaban J connectivity index is 1.62. The molecule has 0 fully saturated rings. The van der Waals surface area contributed by atoms with Crippen LogP contribution in [0.2, 0.25) is 0 Å². The minimum Gasteiger partial charge on any atom is -0.489 e. The molecule has 0 radical (unpaired) electrons. The molecule has 3 aromatic heterocycles. The first-order valence-corrected chi connectivity index (χ1v) is 9.75. The SMILES string of the molecule is COCc1c(-c2cc(C)no2)ncc2[nH]c3ccc(OCc4ccccc4)cc3c12. The third-order valence-corrected chi connectivity index (χ3v) is 5.11. The standard InChI is InChI=1S/C24H21N3O3/c1-15-10-22(30-27-15)24-19(14-28-2)23-18-11-17(29-13-16-6-4-3-5-7-16)8-9-20(18)26-21(23)12-25-24/h3-12,26H,13-14H2,1-2H3. The highest BCUT2D eigenvalue weighted by Gasteiger charge is 2.18. The zero-order valence-corrected chi connectivity index (χ0v) is 16.8. The Hall–Kier alpha value is -3.64. The Morgan fingerprint density at radius 2 is 1.87 bits per heavy atom. The Kier molecular flexibility index (Phi) is 4.69. The van der Waals surface area contributed by atoms with Gasteiger partial charge in [-0.05, 0) is 30.7 Å². The normalized spacial score (nSPS) is 11.4. The molecule has 0 aliphatic carbocycles. The van der Waals surface area contributed by atoms with E-state index >= 15 is 0 Å². The zero-order chi connectivity index (χ0) is 20.5. The fourth-order valence-electron chi connectivity index (χ4n) is 3.74. The molecule has 0 saturated carbocycles. The number of aryl methyl sites for hydroxylation is 1. The van der Waals surface area contributed by atoms with Gasteiger partial charge in [0.2, 0.25) is 0 Å². The lowest BCUT2D eigenvalue weighted by atomic mass is 10.0. The van der Waals surface area contributed by atoms with E-state index in [2.05, 4.69) is 33.3 Å². The lowest BCUT2D eigenvalue weighted by molar-refractivity contribution is 0.186. The highest BCUT2D eigenvalue weighted by atomic mass is 16.5. The van der Waals surface area contributed by atoms with Crippen LogP contribution in [0.1, 0.15) is 16.8 Å². The number of aromatic nitrogens is 3. The molecule has 0 bridgehead atoms. The first-order valence-electron chi connectivity index (χ1n) is 9.75. The van der Waals surface area contributed by atoms with Gasteiger partial charge < -0.3 is 19.0 Å². The van der Waals surface area contributed by atoms with Gasteiger partial charge in [-0.15, -0.1) is 0 Å². The maximum Gasteiger partial charge on any atom is 0.185 e. The van der Waals surface area contributed by atoms with Gasteiger partial charge in [-0.3, -0.25) is 4.98 Å². The highest BCUT2D eigenvalue weighted by molar-refractivity contribution is 6.10. The number of H-pyrrole nitrogens is 1. The van der Waals surface area contributed by atoms with Gasteiger partial charge in [0.05, 0.1) is 24.0 Å². The number of ether oxygens (including phenoxy) is 2. The molecule has 0 spiro atoms. The Bertz CT molecular complexity index is 1320. The van der Waals surface area contributed by atoms with Crippen LogP contribution in [0, 0.1) is 6.92 Å². The minimum absolute atomic E-state index is 0.404. The summed E-state index contributed by atoms with van der Waals surface area (Å²) >= 11 is 0. The molecule has 6 heteroatoms. The molecule has 0 saturated heterocycles. The first kappa shape index (κ1) is 18.4. The van der Waals surface area contributed by atoms with Crippen LogP contribution >= 0.6 is 0 Å². The number of methoxy groups -OCH3 is 1. The molecule has 0 atom stereocenters. The van der Waals surface area contributed by atoms with Crippen molar-refractivity contribution in [3.05, 3.63) is 77.6 Å². The number of pyridine rings is 1.